The Morgan fingerprint density at radius 2 is 1.62 bits per heavy atom. The summed E-state index contributed by atoms with van der Waals surface area (Å²) < 4.78 is 5.37. The van der Waals surface area contributed by atoms with Crippen LogP contribution in [-0.2, 0) is 9.53 Å². The van der Waals surface area contributed by atoms with Gasteiger partial charge in [-0.25, -0.2) is 9.78 Å². The van der Waals surface area contributed by atoms with E-state index in [2.05, 4.69) is 5.32 Å². The van der Waals surface area contributed by atoms with Crippen molar-refractivity contribution in [2.24, 2.45) is 0 Å². The molecule has 32 heavy (non-hydrogen) atoms. The second-order valence-electron chi connectivity index (χ2n) is 7.71. The van der Waals surface area contributed by atoms with Gasteiger partial charge in [-0.1, -0.05) is 78.4 Å². The lowest BCUT2D eigenvalue weighted by Gasteiger charge is -2.15. The van der Waals surface area contributed by atoms with Crippen molar-refractivity contribution in [3.05, 3.63) is 102 Å². The van der Waals surface area contributed by atoms with Crippen molar-refractivity contribution in [1.82, 2.24) is 10.3 Å². The summed E-state index contributed by atoms with van der Waals surface area (Å²) in [5.41, 5.74) is 4.79. The molecule has 160 valence electrons. The monoisotopic (exact) mass is 424 g/mol. The number of rotatable bonds is 6. The van der Waals surface area contributed by atoms with Crippen LogP contribution in [0.4, 0.5) is 0 Å². The predicted octanol–water partition coefficient (Wildman–Crippen LogP) is 5.24. The van der Waals surface area contributed by atoms with E-state index in [1.807, 2.05) is 92.7 Å². The molecule has 4 rings (SSSR count). The van der Waals surface area contributed by atoms with Crippen LogP contribution in [0.5, 0.6) is 0 Å². The Morgan fingerprint density at radius 1 is 0.938 bits per heavy atom. The highest BCUT2D eigenvalue weighted by molar-refractivity contribution is 6.05. The molecule has 0 saturated carbocycles. The molecule has 4 aromatic rings. The highest BCUT2D eigenvalue weighted by atomic mass is 16.5. The molecule has 0 radical (unpaired) electrons. The van der Waals surface area contributed by atoms with E-state index in [-0.39, 0.29) is 18.6 Å². The molecular weight excluding hydrogens is 400 g/mol. The van der Waals surface area contributed by atoms with Crippen molar-refractivity contribution in [2.45, 2.75) is 19.9 Å². The van der Waals surface area contributed by atoms with E-state index in [0.29, 0.717) is 22.2 Å². The number of benzene rings is 3. The molecule has 5 heteroatoms. The molecule has 0 fully saturated rings. The minimum Gasteiger partial charge on any atom is -0.452 e. The average molecular weight is 425 g/mol. The van der Waals surface area contributed by atoms with Gasteiger partial charge in [-0.15, -0.1) is 0 Å². The Morgan fingerprint density at radius 3 is 2.38 bits per heavy atom. The van der Waals surface area contributed by atoms with E-state index in [1.54, 1.807) is 6.07 Å². The summed E-state index contributed by atoms with van der Waals surface area (Å²) in [6, 6.07) is 26.5. The van der Waals surface area contributed by atoms with E-state index in [0.717, 1.165) is 16.7 Å². The smallest absolute Gasteiger partial charge is 0.339 e. The number of amides is 1. The maximum atomic E-state index is 12.9. The number of nitrogens with one attached hydrogen (secondary N) is 1. The van der Waals surface area contributed by atoms with Crippen molar-refractivity contribution in [3.8, 4) is 11.3 Å². The van der Waals surface area contributed by atoms with E-state index in [9.17, 15) is 9.59 Å². The number of aryl methyl sites for hydroxylation is 1. The number of aromatic nitrogens is 1. The zero-order valence-corrected chi connectivity index (χ0v) is 18.0. The Hall–Kier alpha value is -3.99. The zero-order valence-electron chi connectivity index (χ0n) is 18.0. The van der Waals surface area contributed by atoms with Crippen LogP contribution >= 0.6 is 0 Å². The lowest BCUT2D eigenvalue weighted by molar-refractivity contribution is -0.124. The lowest BCUT2D eigenvalue weighted by atomic mass is 10.0. The first kappa shape index (κ1) is 21.2. The minimum absolute atomic E-state index is 0.183. The Balaban J connectivity index is 1.52. The third kappa shape index (κ3) is 4.83. The number of carbonyl (C=O) groups is 2. The van der Waals surface area contributed by atoms with E-state index >= 15 is 0 Å². The van der Waals surface area contributed by atoms with Gasteiger partial charge < -0.3 is 10.1 Å². The molecule has 1 aromatic heterocycles. The molecule has 0 spiro atoms. The molecule has 1 amide bonds. The number of hydrogen-bond donors (Lipinski definition) is 1. The number of nitrogens with zero attached hydrogens (tertiary/aromatic N) is 1. The Bertz CT molecular complexity index is 1250. The quantitative estimate of drug-likeness (QED) is 0.430. The number of ether oxygens (including phenoxy) is 1. The van der Waals surface area contributed by atoms with Gasteiger partial charge in [0, 0.05) is 10.9 Å². The Labute approximate surface area is 187 Å². The maximum Gasteiger partial charge on any atom is 0.339 e. The molecule has 0 aliphatic heterocycles. The minimum atomic E-state index is -0.556. The summed E-state index contributed by atoms with van der Waals surface area (Å²) in [6.07, 6.45) is 0. The third-order valence-electron chi connectivity index (χ3n) is 5.29. The maximum absolute atomic E-state index is 12.9. The second kappa shape index (κ2) is 9.43. The topological polar surface area (TPSA) is 68.3 Å². The van der Waals surface area contributed by atoms with Crippen molar-refractivity contribution >= 4 is 22.8 Å². The summed E-state index contributed by atoms with van der Waals surface area (Å²) >= 11 is 0. The molecule has 1 atom stereocenters. The normalized spacial score (nSPS) is 11.7. The second-order valence-corrected chi connectivity index (χ2v) is 7.71. The van der Waals surface area contributed by atoms with Gasteiger partial charge in [-0.3, -0.25) is 4.79 Å². The fraction of sp³-hybridized carbons (Fsp3) is 0.148. The van der Waals surface area contributed by atoms with Gasteiger partial charge >= 0.3 is 5.97 Å². The summed E-state index contributed by atoms with van der Waals surface area (Å²) in [5, 5.41) is 3.54. The number of para-hydroxylation sites is 1. The highest BCUT2D eigenvalue weighted by Crippen LogP contribution is 2.25. The summed E-state index contributed by atoms with van der Waals surface area (Å²) in [6.45, 7) is 3.55. The van der Waals surface area contributed by atoms with Crippen LogP contribution in [0.25, 0.3) is 22.2 Å². The first-order valence-electron chi connectivity index (χ1n) is 10.5. The molecule has 3 aromatic carbocycles. The predicted molar refractivity (Wildman–Crippen MR) is 125 cm³/mol. The van der Waals surface area contributed by atoms with E-state index < -0.39 is 5.97 Å². The highest BCUT2D eigenvalue weighted by Gasteiger charge is 2.17. The zero-order chi connectivity index (χ0) is 22.5. The number of pyridine rings is 1. The molecule has 0 aliphatic carbocycles. The molecule has 0 bridgehead atoms. The van der Waals surface area contributed by atoms with E-state index in [4.69, 9.17) is 9.72 Å². The van der Waals surface area contributed by atoms with Crippen LogP contribution in [-0.4, -0.2) is 23.5 Å². The Kier molecular flexibility index (Phi) is 6.26. The standard InChI is InChI=1S/C27H24N2O3/c1-18-12-14-21(15-13-18)25-16-23(22-10-6-7-11-24(22)29-25)27(31)32-17-26(30)28-19(2)20-8-4-3-5-9-20/h3-16,19H,17H2,1-2H3,(H,28,30)/t19-/m1/s1. The fourth-order valence-electron chi connectivity index (χ4n) is 3.53. The van der Waals surface area contributed by atoms with Gasteiger partial charge in [0.1, 0.15) is 0 Å². The van der Waals surface area contributed by atoms with Crippen LogP contribution in [0.2, 0.25) is 0 Å². The molecule has 0 saturated heterocycles. The van der Waals surface area contributed by atoms with Gasteiger partial charge in [0.15, 0.2) is 6.61 Å². The van der Waals surface area contributed by atoms with Crippen LogP contribution in [0.1, 0.15) is 34.5 Å². The van der Waals surface area contributed by atoms with Gasteiger partial charge in [-0.2, -0.15) is 0 Å². The molecule has 1 N–H and O–H groups in total. The molecule has 5 nitrogen and oxygen atoms in total. The molecular formula is C27H24N2O3. The van der Waals surface area contributed by atoms with Crippen molar-refractivity contribution in [3.63, 3.8) is 0 Å². The average Bonchev–Trinajstić information content (AvgIpc) is 2.83. The van der Waals surface area contributed by atoms with Crippen LogP contribution in [0.15, 0.2) is 84.9 Å². The van der Waals surface area contributed by atoms with Crippen LogP contribution in [0, 0.1) is 6.92 Å². The summed E-state index contributed by atoms with van der Waals surface area (Å²) in [4.78, 5) is 30.0. The molecule has 1 heterocycles. The number of hydrogen-bond acceptors (Lipinski definition) is 4. The number of carbonyl (C=O) groups excluding carboxylic acids is 2. The molecule has 0 aliphatic rings. The van der Waals surface area contributed by atoms with Gasteiger partial charge in [0.05, 0.1) is 22.8 Å². The first-order valence-corrected chi connectivity index (χ1v) is 10.5. The van der Waals surface area contributed by atoms with E-state index in [1.165, 1.54) is 0 Å². The third-order valence-corrected chi connectivity index (χ3v) is 5.29. The number of fused-ring (bicyclic) bond motifs is 1. The van der Waals surface area contributed by atoms with Crippen molar-refractivity contribution in [1.29, 1.82) is 0 Å². The van der Waals surface area contributed by atoms with Gasteiger partial charge in [0.25, 0.3) is 5.91 Å². The van der Waals surface area contributed by atoms with Crippen molar-refractivity contribution in [2.75, 3.05) is 6.61 Å². The fourth-order valence-corrected chi connectivity index (χ4v) is 3.53. The number of esters is 1. The summed E-state index contributed by atoms with van der Waals surface area (Å²) in [7, 11) is 0. The van der Waals surface area contributed by atoms with Crippen LogP contribution in [0.3, 0.4) is 0 Å². The summed E-state index contributed by atoms with van der Waals surface area (Å²) in [5.74, 6) is -0.911. The van der Waals surface area contributed by atoms with Gasteiger partial charge in [-0.05, 0) is 31.5 Å². The lowest BCUT2D eigenvalue weighted by Crippen LogP contribution is -2.31. The largest absolute Gasteiger partial charge is 0.452 e. The molecule has 0 unspecified atom stereocenters. The first-order chi connectivity index (χ1) is 15.5. The van der Waals surface area contributed by atoms with Gasteiger partial charge in [0.2, 0.25) is 0 Å². The van der Waals surface area contributed by atoms with Crippen LogP contribution < -0.4 is 5.32 Å². The SMILES string of the molecule is Cc1ccc(-c2cc(C(=O)OCC(=O)N[C@H](C)c3ccccc3)c3ccccc3n2)cc1. The van der Waals surface area contributed by atoms with Crippen molar-refractivity contribution < 1.29 is 14.3 Å².